The molecule has 11 nitrogen and oxygen atoms in total. The van der Waals surface area contributed by atoms with E-state index in [0.717, 1.165) is 11.1 Å². The van der Waals surface area contributed by atoms with E-state index in [9.17, 15) is 18.3 Å². The molecule has 1 saturated carbocycles. The third kappa shape index (κ3) is 6.09. The van der Waals surface area contributed by atoms with E-state index in [-0.39, 0.29) is 35.7 Å². The second-order valence-corrected chi connectivity index (χ2v) is 10.0. The zero-order chi connectivity index (χ0) is 25.2. The van der Waals surface area contributed by atoms with E-state index < -0.39 is 22.3 Å². The molecule has 3 aromatic rings. The summed E-state index contributed by atoms with van der Waals surface area (Å²) < 4.78 is 28.5. The van der Waals surface area contributed by atoms with Crippen LogP contribution in [0.5, 0.6) is 0 Å². The molecule has 2 heterocycles. The molecular weight excluding hydrogens is 472 g/mol. The van der Waals surface area contributed by atoms with E-state index in [1.165, 1.54) is 12.5 Å². The summed E-state index contributed by atoms with van der Waals surface area (Å²) >= 11 is 0. The van der Waals surface area contributed by atoms with Crippen LogP contribution in [0.25, 0.3) is 0 Å². The van der Waals surface area contributed by atoms with Crippen LogP contribution in [-0.4, -0.2) is 57.8 Å². The minimum atomic E-state index is -4.09. The third-order valence-electron chi connectivity index (χ3n) is 6.16. The summed E-state index contributed by atoms with van der Waals surface area (Å²) in [6.07, 6.45) is 4.48. The van der Waals surface area contributed by atoms with Gasteiger partial charge in [-0.25, -0.2) is 15.1 Å². The smallest absolute Gasteiger partial charge is 0.333 e. The Morgan fingerprint density at radius 1 is 1.34 bits per heavy atom. The molecule has 0 saturated heterocycles. The van der Waals surface area contributed by atoms with E-state index in [1.807, 2.05) is 32.0 Å². The molecule has 1 aromatic carbocycles. The average Bonchev–Trinajstić information content (AvgIpc) is 3.43. The molecule has 35 heavy (non-hydrogen) atoms. The van der Waals surface area contributed by atoms with Crippen molar-refractivity contribution in [1.29, 1.82) is 0 Å². The number of carbonyl (C=O) groups is 1. The van der Waals surface area contributed by atoms with Crippen LogP contribution in [0.2, 0.25) is 0 Å². The van der Waals surface area contributed by atoms with Crippen LogP contribution >= 0.6 is 0 Å². The van der Waals surface area contributed by atoms with Gasteiger partial charge in [0.1, 0.15) is 17.8 Å². The zero-order valence-corrected chi connectivity index (χ0v) is 20.2. The molecule has 186 valence electrons. The van der Waals surface area contributed by atoms with E-state index >= 15 is 0 Å². The molecule has 0 amide bonds. The van der Waals surface area contributed by atoms with Gasteiger partial charge in [0.2, 0.25) is 5.78 Å². The van der Waals surface area contributed by atoms with Crippen molar-refractivity contribution < 1.29 is 22.5 Å². The van der Waals surface area contributed by atoms with Crippen molar-refractivity contribution in [3.8, 4) is 0 Å². The van der Waals surface area contributed by atoms with E-state index in [4.69, 9.17) is 5.14 Å². The van der Waals surface area contributed by atoms with E-state index in [2.05, 4.69) is 30.6 Å². The summed E-state index contributed by atoms with van der Waals surface area (Å²) in [7, 11) is -4.09. The average molecular weight is 501 g/mol. The number of nitrogens with one attached hydrogen (secondary N) is 1. The van der Waals surface area contributed by atoms with Crippen LogP contribution in [0.3, 0.4) is 0 Å². The fraction of sp³-hybridized carbons (Fsp3) is 0.391. The lowest BCUT2D eigenvalue weighted by molar-refractivity contribution is 0.101. The van der Waals surface area contributed by atoms with Gasteiger partial charge in [0.25, 0.3) is 0 Å². The summed E-state index contributed by atoms with van der Waals surface area (Å²) in [6.45, 7) is 3.82. The van der Waals surface area contributed by atoms with Crippen molar-refractivity contribution in [3.63, 3.8) is 0 Å². The first-order valence-electron chi connectivity index (χ1n) is 11.2. The van der Waals surface area contributed by atoms with Gasteiger partial charge in [-0.1, -0.05) is 29.8 Å². The Bertz CT molecular complexity index is 1310. The van der Waals surface area contributed by atoms with E-state index in [1.54, 1.807) is 16.9 Å². The number of aliphatic hydroxyl groups is 1. The molecule has 4 N–H and O–H groups in total. The van der Waals surface area contributed by atoms with Crippen LogP contribution in [-0.2, 0) is 14.5 Å². The molecule has 1 fully saturated rings. The minimum Gasteiger partial charge on any atom is -0.393 e. The van der Waals surface area contributed by atoms with Crippen molar-refractivity contribution in [1.82, 2.24) is 19.7 Å². The number of carbonyl (C=O) groups excluding carboxylic acids is 1. The standard InChI is InChI=1S/C23H28N6O5S/c1-14-4-3-5-16(8-14)15(2)29-7-6-20(28-29)22(31)19-11-25-13-26-23(19)27-18-9-17(21(30)10-18)12-34-35(24,32)33/h3-8,11,13,15,17-18,21,30H,9-10,12H2,1-2H3,(H2,24,32,33)(H,25,26,27)/t15?,17-,18-,21+/m1/s1. The highest BCUT2D eigenvalue weighted by Gasteiger charge is 2.35. The Morgan fingerprint density at radius 2 is 2.14 bits per heavy atom. The minimum absolute atomic E-state index is 0.0578. The highest BCUT2D eigenvalue weighted by atomic mass is 32.2. The Morgan fingerprint density at radius 3 is 2.89 bits per heavy atom. The molecule has 1 aliphatic rings. The highest BCUT2D eigenvalue weighted by Crippen LogP contribution is 2.30. The van der Waals surface area contributed by atoms with Crippen molar-refractivity contribution in [2.24, 2.45) is 11.1 Å². The first-order valence-corrected chi connectivity index (χ1v) is 12.7. The first-order chi connectivity index (χ1) is 16.6. The molecule has 1 unspecified atom stereocenters. The molecule has 2 aromatic heterocycles. The quantitative estimate of drug-likeness (QED) is 0.370. The number of hydrogen-bond acceptors (Lipinski definition) is 9. The number of nitrogens with two attached hydrogens (primary N) is 1. The maximum atomic E-state index is 13.3. The predicted octanol–water partition coefficient (Wildman–Crippen LogP) is 1.59. The second-order valence-electron chi connectivity index (χ2n) is 8.80. The van der Waals surface area contributed by atoms with Gasteiger partial charge in [-0.2, -0.15) is 13.5 Å². The Labute approximate surface area is 203 Å². The molecule has 4 rings (SSSR count). The molecule has 12 heteroatoms. The largest absolute Gasteiger partial charge is 0.393 e. The molecule has 0 aliphatic heterocycles. The first kappa shape index (κ1) is 24.9. The number of aliphatic hydroxyl groups excluding tert-OH is 1. The van der Waals surface area contributed by atoms with Crippen LogP contribution in [0.4, 0.5) is 5.82 Å². The Hall–Kier alpha value is -3.19. The molecule has 0 bridgehead atoms. The fourth-order valence-electron chi connectivity index (χ4n) is 4.28. The number of ketones is 1. The lowest BCUT2D eigenvalue weighted by Gasteiger charge is -2.15. The zero-order valence-electron chi connectivity index (χ0n) is 19.4. The number of aromatic nitrogens is 4. The molecular formula is C23H28N6O5S. The molecule has 0 radical (unpaired) electrons. The van der Waals surface area contributed by atoms with Gasteiger partial charge in [0.15, 0.2) is 0 Å². The number of rotatable bonds is 9. The Kier molecular flexibility index (Phi) is 7.26. The van der Waals surface area contributed by atoms with Gasteiger partial charge >= 0.3 is 10.3 Å². The van der Waals surface area contributed by atoms with Gasteiger partial charge in [-0.3, -0.25) is 13.7 Å². The van der Waals surface area contributed by atoms with Gasteiger partial charge in [-0.05, 0) is 38.3 Å². The monoisotopic (exact) mass is 500 g/mol. The van der Waals surface area contributed by atoms with Crippen LogP contribution in [0.1, 0.15) is 53.0 Å². The number of aryl methyl sites for hydroxylation is 1. The number of anilines is 1. The predicted molar refractivity (Wildman–Crippen MR) is 128 cm³/mol. The van der Waals surface area contributed by atoms with Crippen LogP contribution < -0.4 is 10.5 Å². The van der Waals surface area contributed by atoms with Crippen molar-refractivity contribution in [2.45, 2.75) is 44.9 Å². The maximum Gasteiger partial charge on any atom is 0.333 e. The number of hydrogen-bond donors (Lipinski definition) is 3. The van der Waals surface area contributed by atoms with Gasteiger partial charge < -0.3 is 10.4 Å². The SMILES string of the molecule is Cc1cccc(C(C)n2ccc(C(=O)c3cncnc3N[C@@H]3C[C@H](COS(N)(=O)=O)[C@@H](O)C3)n2)c1. The van der Waals surface area contributed by atoms with Crippen LogP contribution in [0.15, 0.2) is 49.1 Å². The van der Waals surface area contributed by atoms with Crippen molar-refractivity contribution >= 4 is 21.9 Å². The number of nitrogens with zero attached hydrogens (tertiary/aromatic N) is 4. The fourth-order valence-corrected chi connectivity index (χ4v) is 4.65. The molecule has 0 spiro atoms. The summed E-state index contributed by atoms with van der Waals surface area (Å²) in [5.74, 6) is -0.446. The summed E-state index contributed by atoms with van der Waals surface area (Å²) in [4.78, 5) is 21.5. The highest BCUT2D eigenvalue weighted by molar-refractivity contribution is 7.84. The second kappa shape index (κ2) is 10.2. The third-order valence-corrected chi connectivity index (χ3v) is 6.63. The Balaban J connectivity index is 1.47. The lowest BCUT2D eigenvalue weighted by atomic mass is 10.1. The molecule has 1 aliphatic carbocycles. The molecule has 4 atom stereocenters. The van der Waals surface area contributed by atoms with Crippen LogP contribution in [0, 0.1) is 12.8 Å². The normalized spacial score (nSPS) is 21.1. The summed E-state index contributed by atoms with van der Waals surface area (Å²) in [5, 5.41) is 22.8. The van der Waals surface area contributed by atoms with Crippen molar-refractivity contribution in [3.05, 3.63) is 71.4 Å². The van der Waals surface area contributed by atoms with Gasteiger partial charge in [-0.15, -0.1) is 0 Å². The maximum absolute atomic E-state index is 13.3. The van der Waals surface area contributed by atoms with Gasteiger partial charge in [0.05, 0.1) is 24.3 Å². The van der Waals surface area contributed by atoms with Crippen molar-refractivity contribution in [2.75, 3.05) is 11.9 Å². The summed E-state index contributed by atoms with van der Waals surface area (Å²) in [5.41, 5.74) is 2.73. The lowest BCUT2D eigenvalue weighted by Crippen LogP contribution is -2.24. The van der Waals surface area contributed by atoms with E-state index in [0.29, 0.717) is 18.7 Å². The van der Waals surface area contributed by atoms with Gasteiger partial charge in [0, 0.05) is 24.4 Å². The summed E-state index contributed by atoms with van der Waals surface area (Å²) in [6, 6.07) is 9.46. The topological polar surface area (TPSA) is 162 Å². The number of benzene rings is 1.